The summed E-state index contributed by atoms with van der Waals surface area (Å²) in [5.74, 6) is 0. The zero-order valence-corrected chi connectivity index (χ0v) is 21.8. The molecule has 0 unspecified atom stereocenters. The van der Waals surface area contributed by atoms with Crippen LogP contribution in [0.5, 0.6) is 0 Å². The summed E-state index contributed by atoms with van der Waals surface area (Å²) in [6, 6.07) is 7.03. The summed E-state index contributed by atoms with van der Waals surface area (Å²) in [5, 5.41) is 0.0457. The number of aryl methyl sites for hydroxylation is 1. The molecule has 1 fully saturated rings. The number of hydrogen-bond donors (Lipinski definition) is 0. The van der Waals surface area contributed by atoms with E-state index in [-0.39, 0.29) is 11.1 Å². The van der Waals surface area contributed by atoms with Crippen molar-refractivity contribution in [2.75, 3.05) is 0 Å². The van der Waals surface area contributed by atoms with Crippen molar-refractivity contribution in [3.05, 3.63) is 42.0 Å². The minimum absolute atomic E-state index is 0.0457. The Labute approximate surface area is 185 Å². The lowest BCUT2D eigenvalue weighted by molar-refractivity contribution is 0.131. The van der Waals surface area contributed by atoms with E-state index < -0.39 is 29.2 Å². The molecule has 0 radical (unpaired) electrons. The zero-order valence-electron chi connectivity index (χ0n) is 20.0. The van der Waals surface area contributed by atoms with Gasteiger partial charge in [0.25, 0.3) is 0 Å². The normalized spacial score (nSPS) is 23.7. The second kappa shape index (κ2) is 9.27. The average Bonchev–Trinajstić information content (AvgIpc) is 3.39. The topological polar surface area (TPSA) is 55.9 Å². The molecule has 0 spiro atoms. The standard InChI is InChI=1S/C24H40O4SSi/c1-9-11-13-21(28-30(7,8)23(4,5)6)22-24(27-22,18-12-10-2)29(25,26)20-16-14-19(3)15-17-20/h12,14-18,21-22H,9-11,13H2,1-8H3/b18-12+/t21-,22+,24+/m1/s1. The van der Waals surface area contributed by atoms with Crippen LogP contribution < -0.4 is 0 Å². The molecule has 0 aliphatic carbocycles. The van der Waals surface area contributed by atoms with Crippen LogP contribution in [0.2, 0.25) is 18.1 Å². The van der Waals surface area contributed by atoms with Crippen molar-refractivity contribution in [2.24, 2.45) is 0 Å². The van der Waals surface area contributed by atoms with E-state index >= 15 is 0 Å². The van der Waals surface area contributed by atoms with E-state index in [4.69, 9.17) is 9.16 Å². The van der Waals surface area contributed by atoms with Crippen molar-refractivity contribution < 1.29 is 17.6 Å². The molecule has 1 aliphatic rings. The third-order valence-electron chi connectivity index (χ3n) is 6.42. The van der Waals surface area contributed by atoms with Gasteiger partial charge >= 0.3 is 0 Å². The van der Waals surface area contributed by atoms with Crippen molar-refractivity contribution in [1.29, 1.82) is 0 Å². The molecular formula is C24H40O4SSi. The van der Waals surface area contributed by atoms with Crippen molar-refractivity contribution in [2.45, 2.75) is 107 Å². The van der Waals surface area contributed by atoms with Crippen LogP contribution in [0.1, 0.15) is 65.9 Å². The van der Waals surface area contributed by atoms with E-state index in [1.54, 1.807) is 18.2 Å². The van der Waals surface area contributed by atoms with Crippen LogP contribution in [-0.4, -0.2) is 33.9 Å². The first-order valence-corrected chi connectivity index (χ1v) is 15.6. The Bertz CT molecular complexity index is 837. The van der Waals surface area contributed by atoms with E-state index in [2.05, 4.69) is 40.8 Å². The molecule has 0 bridgehead atoms. The smallest absolute Gasteiger partial charge is 0.221 e. The van der Waals surface area contributed by atoms with E-state index in [1.807, 2.05) is 32.1 Å². The molecule has 1 aromatic rings. The number of unbranched alkanes of at least 4 members (excludes halogenated alkanes) is 1. The predicted octanol–water partition coefficient (Wildman–Crippen LogP) is 6.41. The van der Waals surface area contributed by atoms with Gasteiger partial charge < -0.3 is 9.16 Å². The Morgan fingerprint density at radius 2 is 1.80 bits per heavy atom. The number of ether oxygens (including phenoxy) is 1. The lowest BCUT2D eigenvalue weighted by Gasteiger charge is -2.39. The van der Waals surface area contributed by atoms with Gasteiger partial charge in [0.15, 0.2) is 8.32 Å². The van der Waals surface area contributed by atoms with Gasteiger partial charge in [-0.3, -0.25) is 0 Å². The second-order valence-corrected chi connectivity index (χ2v) is 16.8. The molecule has 3 atom stereocenters. The van der Waals surface area contributed by atoms with Gasteiger partial charge in [-0.2, -0.15) is 0 Å². The van der Waals surface area contributed by atoms with Gasteiger partial charge in [-0.1, -0.05) is 71.2 Å². The Balaban J connectivity index is 2.44. The molecule has 170 valence electrons. The van der Waals surface area contributed by atoms with Crippen LogP contribution >= 0.6 is 0 Å². The molecule has 0 saturated carbocycles. The second-order valence-electron chi connectivity index (χ2n) is 9.95. The van der Waals surface area contributed by atoms with Crippen LogP contribution in [0, 0.1) is 6.92 Å². The molecule has 1 aliphatic heterocycles. The summed E-state index contributed by atoms with van der Waals surface area (Å²) in [6.07, 6.45) is 6.52. The molecule has 0 N–H and O–H groups in total. The third kappa shape index (κ3) is 5.09. The van der Waals surface area contributed by atoms with E-state index in [1.165, 1.54) is 0 Å². The maximum absolute atomic E-state index is 13.7. The molecule has 0 amide bonds. The highest BCUT2D eigenvalue weighted by Gasteiger charge is 2.68. The van der Waals surface area contributed by atoms with E-state index in [0.717, 1.165) is 31.2 Å². The minimum atomic E-state index is -3.70. The predicted molar refractivity (Wildman–Crippen MR) is 127 cm³/mol. The first-order valence-electron chi connectivity index (χ1n) is 11.2. The van der Waals surface area contributed by atoms with Crippen LogP contribution in [0.15, 0.2) is 41.3 Å². The zero-order chi connectivity index (χ0) is 22.8. The number of hydrogen-bond acceptors (Lipinski definition) is 4. The van der Waals surface area contributed by atoms with Crippen LogP contribution in [-0.2, 0) is 19.0 Å². The number of sulfone groups is 1. The first kappa shape index (κ1) is 25.3. The number of allylic oxidation sites excluding steroid dienone is 1. The number of benzene rings is 1. The van der Waals surface area contributed by atoms with Gasteiger partial charge in [-0.05, 0) is 56.1 Å². The molecule has 1 saturated heterocycles. The maximum atomic E-state index is 13.7. The Kier molecular flexibility index (Phi) is 7.82. The number of epoxide rings is 1. The highest BCUT2D eigenvalue weighted by atomic mass is 32.2. The molecule has 0 aromatic heterocycles. The Morgan fingerprint density at radius 1 is 1.20 bits per heavy atom. The third-order valence-corrected chi connectivity index (χ3v) is 13.1. The van der Waals surface area contributed by atoms with Gasteiger partial charge in [-0.25, -0.2) is 8.42 Å². The first-order chi connectivity index (χ1) is 13.8. The molecule has 6 heteroatoms. The van der Waals surface area contributed by atoms with E-state index in [0.29, 0.717) is 4.90 Å². The SMILES string of the molecule is CC/C=C/[C@@]1(S(=O)(=O)c2ccc(C)cc2)O[C@H]1[C@@H](CCCC)O[Si](C)(C)C(C)(C)C. The van der Waals surface area contributed by atoms with Crippen LogP contribution in [0.25, 0.3) is 0 Å². The molecule has 1 heterocycles. The van der Waals surface area contributed by atoms with Gasteiger partial charge in [0, 0.05) is 0 Å². The van der Waals surface area contributed by atoms with Gasteiger partial charge in [0.2, 0.25) is 14.8 Å². The summed E-state index contributed by atoms with van der Waals surface area (Å²) in [6.45, 7) is 17.1. The molecular weight excluding hydrogens is 412 g/mol. The fourth-order valence-electron chi connectivity index (χ4n) is 3.36. The fourth-order valence-corrected chi connectivity index (χ4v) is 6.53. The fraction of sp³-hybridized carbons (Fsp3) is 0.667. The Hall–Kier alpha value is -0.953. The average molecular weight is 453 g/mol. The molecule has 2 rings (SSSR count). The summed E-state index contributed by atoms with van der Waals surface area (Å²) < 4.78 is 40.2. The monoisotopic (exact) mass is 452 g/mol. The highest BCUT2D eigenvalue weighted by molar-refractivity contribution is 7.93. The number of rotatable bonds is 10. The van der Waals surface area contributed by atoms with E-state index in [9.17, 15) is 8.42 Å². The Morgan fingerprint density at radius 3 is 2.30 bits per heavy atom. The van der Waals surface area contributed by atoms with Crippen molar-refractivity contribution in [3.63, 3.8) is 0 Å². The highest BCUT2D eigenvalue weighted by Crippen LogP contribution is 2.51. The van der Waals surface area contributed by atoms with Crippen LogP contribution in [0.3, 0.4) is 0 Å². The largest absolute Gasteiger partial charge is 0.411 e. The lowest BCUT2D eigenvalue weighted by Crippen LogP contribution is -2.46. The molecule has 4 nitrogen and oxygen atoms in total. The molecule has 30 heavy (non-hydrogen) atoms. The van der Waals surface area contributed by atoms with Crippen LogP contribution in [0.4, 0.5) is 0 Å². The van der Waals surface area contributed by atoms with Gasteiger partial charge in [-0.15, -0.1) is 0 Å². The summed E-state index contributed by atoms with van der Waals surface area (Å²) in [4.78, 5) is -1.03. The van der Waals surface area contributed by atoms with Gasteiger partial charge in [0.1, 0.15) is 6.10 Å². The quantitative estimate of drug-likeness (QED) is 0.234. The van der Waals surface area contributed by atoms with Crippen molar-refractivity contribution in [3.8, 4) is 0 Å². The van der Waals surface area contributed by atoms with Crippen molar-refractivity contribution >= 4 is 18.2 Å². The van der Waals surface area contributed by atoms with Crippen molar-refractivity contribution in [1.82, 2.24) is 0 Å². The summed E-state index contributed by atoms with van der Waals surface area (Å²) >= 11 is 0. The molecule has 1 aromatic carbocycles. The maximum Gasteiger partial charge on any atom is 0.221 e. The summed E-state index contributed by atoms with van der Waals surface area (Å²) in [7, 11) is -5.78. The minimum Gasteiger partial charge on any atom is -0.411 e. The summed E-state index contributed by atoms with van der Waals surface area (Å²) in [5.41, 5.74) is 1.03. The van der Waals surface area contributed by atoms with Gasteiger partial charge in [0.05, 0.1) is 11.0 Å². The lowest BCUT2D eigenvalue weighted by atomic mass is 10.1.